The highest BCUT2D eigenvalue weighted by Gasteiger charge is 2.39. The lowest BCUT2D eigenvalue weighted by atomic mass is 9.74. The van der Waals surface area contributed by atoms with E-state index < -0.39 is 11.4 Å². The molecule has 1 aliphatic rings. The zero-order chi connectivity index (χ0) is 17.9. The standard InChI is InChI=1S/C17H21N3O4S/c21-13(18-10-17(16(23)24)6-2-1-3-7-17)4-8-20-11-19-14-12(15(20)22)5-9-25-14/h5,9,11H,1-4,6-8,10H2,(H,18,21)(H,23,24). The number of aryl methyl sites for hydroxylation is 1. The van der Waals surface area contributed by atoms with E-state index in [0.29, 0.717) is 23.1 Å². The third-order valence-corrected chi connectivity index (χ3v) is 5.74. The van der Waals surface area contributed by atoms with Gasteiger partial charge in [-0.15, -0.1) is 11.3 Å². The second-order valence-corrected chi connectivity index (χ2v) is 7.45. The van der Waals surface area contributed by atoms with Gasteiger partial charge >= 0.3 is 5.97 Å². The van der Waals surface area contributed by atoms with Crippen LogP contribution in [-0.4, -0.2) is 33.1 Å². The van der Waals surface area contributed by atoms with Gasteiger partial charge in [0.1, 0.15) is 4.83 Å². The van der Waals surface area contributed by atoms with Crippen LogP contribution in [0.3, 0.4) is 0 Å². The van der Waals surface area contributed by atoms with Crippen molar-refractivity contribution >= 4 is 33.4 Å². The van der Waals surface area contributed by atoms with Crippen molar-refractivity contribution in [3.63, 3.8) is 0 Å². The number of carbonyl (C=O) groups excluding carboxylic acids is 1. The molecule has 1 aliphatic carbocycles. The Labute approximate surface area is 148 Å². The lowest BCUT2D eigenvalue weighted by Crippen LogP contribution is -2.44. The number of nitrogens with one attached hydrogen (secondary N) is 1. The Morgan fingerprint density at radius 1 is 1.32 bits per heavy atom. The summed E-state index contributed by atoms with van der Waals surface area (Å²) in [6, 6.07) is 1.73. The Hall–Kier alpha value is -2.22. The van der Waals surface area contributed by atoms with Gasteiger partial charge in [0.05, 0.1) is 17.1 Å². The molecular weight excluding hydrogens is 342 g/mol. The van der Waals surface area contributed by atoms with Crippen molar-refractivity contribution in [2.75, 3.05) is 6.54 Å². The van der Waals surface area contributed by atoms with Crippen molar-refractivity contribution < 1.29 is 14.7 Å². The van der Waals surface area contributed by atoms with Gasteiger partial charge in [0.2, 0.25) is 5.91 Å². The van der Waals surface area contributed by atoms with Crippen LogP contribution in [0.25, 0.3) is 10.2 Å². The predicted octanol–water partition coefficient (Wildman–Crippen LogP) is 2.00. The molecule has 3 rings (SSSR count). The number of carbonyl (C=O) groups is 2. The number of fused-ring (bicyclic) bond motifs is 1. The summed E-state index contributed by atoms with van der Waals surface area (Å²) in [5.74, 6) is -1.08. The average molecular weight is 363 g/mol. The van der Waals surface area contributed by atoms with Crippen LogP contribution < -0.4 is 10.9 Å². The van der Waals surface area contributed by atoms with Crippen LogP contribution in [0, 0.1) is 5.41 Å². The maximum absolute atomic E-state index is 12.3. The summed E-state index contributed by atoms with van der Waals surface area (Å²) in [6.45, 7) is 0.376. The van der Waals surface area contributed by atoms with Crippen molar-refractivity contribution in [2.45, 2.75) is 45.1 Å². The van der Waals surface area contributed by atoms with E-state index in [4.69, 9.17) is 0 Å². The molecule has 0 aliphatic heterocycles. The molecule has 0 aromatic carbocycles. The molecule has 0 atom stereocenters. The highest BCUT2D eigenvalue weighted by Crippen LogP contribution is 2.36. The van der Waals surface area contributed by atoms with E-state index in [0.717, 1.165) is 19.3 Å². The third-order valence-electron chi connectivity index (χ3n) is 4.92. The van der Waals surface area contributed by atoms with Crippen LogP contribution in [0.5, 0.6) is 0 Å². The minimum Gasteiger partial charge on any atom is -0.481 e. The van der Waals surface area contributed by atoms with Crippen molar-refractivity contribution in [3.05, 3.63) is 28.1 Å². The number of aliphatic carboxylic acids is 1. The molecule has 8 heteroatoms. The molecule has 0 saturated heterocycles. The minimum absolute atomic E-state index is 0.118. The number of carboxylic acid groups (broad SMARTS) is 1. The molecule has 2 aromatic heterocycles. The number of hydrogen-bond donors (Lipinski definition) is 2. The predicted molar refractivity (Wildman–Crippen MR) is 94.7 cm³/mol. The molecule has 0 bridgehead atoms. The van der Waals surface area contributed by atoms with Crippen molar-refractivity contribution in [1.29, 1.82) is 0 Å². The van der Waals surface area contributed by atoms with Gasteiger partial charge in [-0.3, -0.25) is 19.0 Å². The summed E-state index contributed by atoms with van der Waals surface area (Å²) >= 11 is 1.40. The fourth-order valence-corrected chi connectivity index (χ4v) is 4.05. The lowest BCUT2D eigenvalue weighted by molar-refractivity contribution is -0.151. The van der Waals surface area contributed by atoms with Gasteiger partial charge in [-0.2, -0.15) is 0 Å². The number of hydrogen-bond acceptors (Lipinski definition) is 5. The highest BCUT2D eigenvalue weighted by molar-refractivity contribution is 7.16. The Bertz CT molecular complexity index is 836. The Kier molecular flexibility index (Phi) is 5.17. The maximum Gasteiger partial charge on any atom is 0.311 e. The summed E-state index contributed by atoms with van der Waals surface area (Å²) in [4.78, 5) is 40.9. The fraction of sp³-hybridized carbons (Fsp3) is 0.529. The zero-order valence-corrected chi connectivity index (χ0v) is 14.7. The van der Waals surface area contributed by atoms with Gasteiger partial charge in [-0.1, -0.05) is 19.3 Å². The second-order valence-electron chi connectivity index (χ2n) is 6.56. The molecule has 134 valence electrons. The average Bonchev–Trinajstić information content (AvgIpc) is 3.09. The third kappa shape index (κ3) is 3.73. The van der Waals surface area contributed by atoms with Crippen LogP contribution in [0.4, 0.5) is 0 Å². The van der Waals surface area contributed by atoms with Crippen LogP contribution in [0.1, 0.15) is 38.5 Å². The number of thiophene rings is 1. The monoisotopic (exact) mass is 363 g/mol. The maximum atomic E-state index is 12.3. The number of nitrogens with zero attached hydrogens (tertiary/aromatic N) is 2. The first-order valence-corrected chi connectivity index (χ1v) is 9.33. The topological polar surface area (TPSA) is 101 Å². The first kappa shape index (κ1) is 17.6. The van der Waals surface area contributed by atoms with E-state index in [1.807, 2.05) is 5.38 Å². The van der Waals surface area contributed by atoms with Gasteiger partial charge in [-0.05, 0) is 24.3 Å². The van der Waals surface area contributed by atoms with Crippen molar-refractivity contribution in [3.8, 4) is 0 Å². The van der Waals surface area contributed by atoms with Crippen LogP contribution >= 0.6 is 11.3 Å². The van der Waals surface area contributed by atoms with Gasteiger partial charge in [0.25, 0.3) is 5.56 Å². The Morgan fingerprint density at radius 2 is 2.08 bits per heavy atom. The molecular formula is C17H21N3O4S. The summed E-state index contributed by atoms with van der Waals surface area (Å²) in [6.07, 6.45) is 5.57. The first-order chi connectivity index (χ1) is 12.0. The van der Waals surface area contributed by atoms with Crippen LogP contribution in [-0.2, 0) is 16.1 Å². The lowest BCUT2D eigenvalue weighted by Gasteiger charge is -2.33. The minimum atomic E-state index is -0.845. The van der Waals surface area contributed by atoms with Crippen molar-refractivity contribution in [1.82, 2.24) is 14.9 Å². The smallest absolute Gasteiger partial charge is 0.311 e. The molecule has 1 saturated carbocycles. The molecule has 0 unspecified atom stereocenters. The van der Waals surface area contributed by atoms with E-state index in [2.05, 4.69) is 10.3 Å². The van der Waals surface area contributed by atoms with Crippen molar-refractivity contribution in [2.24, 2.45) is 5.41 Å². The molecule has 1 amide bonds. The quantitative estimate of drug-likeness (QED) is 0.817. The van der Waals surface area contributed by atoms with Gasteiger partial charge < -0.3 is 10.4 Å². The number of amides is 1. The molecule has 0 spiro atoms. The van der Waals surface area contributed by atoms with E-state index >= 15 is 0 Å². The van der Waals surface area contributed by atoms with E-state index in [1.165, 1.54) is 22.2 Å². The number of aromatic nitrogens is 2. The summed E-state index contributed by atoms with van der Waals surface area (Å²) in [5, 5.41) is 14.6. The van der Waals surface area contributed by atoms with E-state index in [9.17, 15) is 19.5 Å². The Balaban J connectivity index is 1.58. The van der Waals surface area contributed by atoms with Gasteiger partial charge in [0, 0.05) is 19.5 Å². The number of rotatable bonds is 6. The van der Waals surface area contributed by atoms with Crippen LogP contribution in [0.2, 0.25) is 0 Å². The Morgan fingerprint density at radius 3 is 2.80 bits per heavy atom. The van der Waals surface area contributed by atoms with Gasteiger partial charge in [-0.25, -0.2) is 4.98 Å². The van der Waals surface area contributed by atoms with E-state index in [1.54, 1.807) is 6.07 Å². The van der Waals surface area contributed by atoms with E-state index in [-0.39, 0.29) is 31.0 Å². The first-order valence-electron chi connectivity index (χ1n) is 8.45. The molecule has 2 aromatic rings. The molecule has 0 radical (unpaired) electrons. The SMILES string of the molecule is O=C(CCn1cnc2sccc2c1=O)NCC1(C(=O)O)CCCCC1. The zero-order valence-electron chi connectivity index (χ0n) is 13.9. The largest absolute Gasteiger partial charge is 0.481 e. The van der Waals surface area contributed by atoms with Gasteiger partial charge in [0.15, 0.2) is 0 Å². The summed E-state index contributed by atoms with van der Waals surface area (Å²) < 4.78 is 1.42. The molecule has 2 N–H and O–H groups in total. The highest BCUT2D eigenvalue weighted by atomic mass is 32.1. The summed E-state index contributed by atoms with van der Waals surface area (Å²) in [7, 11) is 0. The molecule has 25 heavy (non-hydrogen) atoms. The second kappa shape index (κ2) is 7.35. The normalized spacial score (nSPS) is 16.6. The molecule has 2 heterocycles. The number of carboxylic acids is 1. The summed E-state index contributed by atoms with van der Waals surface area (Å²) in [5.41, 5.74) is -1.00. The molecule has 7 nitrogen and oxygen atoms in total. The fourth-order valence-electron chi connectivity index (χ4n) is 3.33. The van der Waals surface area contributed by atoms with Crippen LogP contribution in [0.15, 0.2) is 22.6 Å². The molecule has 1 fully saturated rings.